The molecule has 10 atom stereocenters. The molecular formula is C56H79N5O13. The number of ketones is 1. The molecular weight excluding hydrogens is 951 g/mol. The van der Waals surface area contributed by atoms with Crippen LogP contribution in [0.3, 0.4) is 0 Å². The number of ether oxygens (including phenoxy) is 5. The lowest BCUT2D eigenvalue weighted by Gasteiger charge is -2.38. The van der Waals surface area contributed by atoms with Crippen LogP contribution in [0.25, 0.3) is 10.8 Å². The maximum absolute atomic E-state index is 14.9. The van der Waals surface area contributed by atoms with Gasteiger partial charge in [0, 0.05) is 112 Å². The van der Waals surface area contributed by atoms with Crippen LogP contribution in [0.2, 0.25) is 0 Å². The molecule has 406 valence electrons. The lowest BCUT2D eigenvalue weighted by atomic mass is 9.78. The van der Waals surface area contributed by atoms with Gasteiger partial charge < -0.3 is 59.2 Å². The standard InChI is InChI=1S/C56H79N5O13/c1-30(2)27-61-24-21-56(22-25-61)58-44-41-42-49(66)36(8)52-43(41)53(68)55(9,74-52)72-26-20-38(70-11)33(5)51(73-40(63)19-13-18-39(62)71-29-37-17-14-23-60(10)28-37)35(7)48(65)34(6)47(64)31(3)15-12-16-32(4)54(69)57-46(50(42)67)45(44)59-56/h12,15-16,20,26,30-31,33-35,37-38,47-48,51,64-67H,13-14,17-19,21-25,27-29H2,1-11H3,(H,57,69)/b15-12+,26-20+,32-16-/t31-,33+,34+,35+,37?,38-,47-,48+,51+,55-/m0/s1. The summed E-state index contributed by atoms with van der Waals surface area (Å²) in [6.45, 7) is 20.4. The molecule has 18 heteroatoms. The largest absolute Gasteiger partial charge is 0.507 e. The van der Waals surface area contributed by atoms with Crippen molar-refractivity contribution in [1.82, 2.24) is 9.80 Å². The Hall–Kier alpha value is -5.40. The second kappa shape index (κ2) is 23.2. The van der Waals surface area contributed by atoms with E-state index in [1.54, 1.807) is 65.8 Å². The van der Waals surface area contributed by atoms with E-state index in [-0.39, 0.29) is 80.6 Å². The number of hydrogen-bond acceptors (Lipinski definition) is 17. The number of methoxy groups -OCH3 is 1. The molecule has 5 N–H and O–H groups in total. The quantitative estimate of drug-likeness (QED) is 0.140. The second-order valence-corrected chi connectivity index (χ2v) is 22.1. The number of aromatic hydroxyl groups is 2. The summed E-state index contributed by atoms with van der Waals surface area (Å²) in [6, 6.07) is 0. The molecule has 18 nitrogen and oxygen atoms in total. The molecule has 1 unspecified atom stereocenters. The first kappa shape index (κ1) is 56.3. The molecule has 6 aliphatic rings. The van der Waals surface area contributed by atoms with Gasteiger partial charge in [0.2, 0.25) is 0 Å². The number of likely N-dealkylation sites (tertiary alicyclic amines) is 2. The number of carbonyl (C=O) groups excluding carboxylic acids is 4. The second-order valence-electron chi connectivity index (χ2n) is 22.1. The molecule has 8 rings (SSSR count). The fourth-order valence-corrected chi connectivity index (χ4v) is 11.3. The Bertz CT molecular complexity index is 2680. The molecule has 6 heterocycles. The molecule has 0 aromatic heterocycles. The number of piperidine rings is 2. The van der Waals surface area contributed by atoms with Crippen LogP contribution in [0.1, 0.15) is 116 Å². The number of allylic oxidation sites excluding steroid dienone is 2. The summed E-state index contributed by atoms with van der Waals surface area (Å²) in [6.07, 6.45) is 6.75. The molecule has 0 saturated carbocycles. The molecule has 2 saturated heterocycles. The number of amides is 1. The SMILES string of the molecule is CO[C@H]1/C=C/O[C@@]2(C)Oc3c(C)c(O)c4c(O)c(c5c(c4c3C2=O)=NC2(CCN(CC(C)C)CC2)N=5)NC(=O)/C(C)=C\C=C\[C@H](C)[C@H](O)[C@@H](C)[C@@H](O)[C@@H](C)[C@H](OC(=O)CCCC(=O)OCC2CCCN(C)C2)[C@@H]1C. The van der Waals surface area contributed by atoms with Crippen LogP contribution in [0.5, 0.6) is 17.2 Å². The van der Waals surface area contributed by atoms with Crippen LogP contribution in [-0.2, 0) is 33.3 Å². The summed E-state index contributed by atoms with van der Waals surface area (Å²) >= 11 is 0. The van der Waals surface area contributed by atoms with E-state index in [2.05, 4.69) is 29.0 Å². The first-order chi connectivity index (χ1) is 35.0. The van der Waals surface area contributed by atoms with Gasteiger partial charge in [-0.05, 0) is 58.7 Å². The number of rotatable bonds is 10. The Morgan fingerprint density at radius 1 is 0.919 bits per heavy atom. The third kappa shape index (κ3) is 11.8. The van der Waals surface area contributed by atoms with Crippen LogP contribution >= 0.6 is 0 Å². The Kier molecular flexibility index (Phi) is 17.7. The van der Waals surface area contributed by atoms with Crippen molar-refractivity contribution in [3.8, 4) is 17.2 Å². The number of Topliss-reactive ketones (excluding diaryl/α,β-unsaturated/α-hetero) is 1. The Morgan fingerprint density at radius 2 is 1.61 bits per heavy atom. The highest BCUT2D eigenvalue weighted by atomic mass is 16.7. The number of nitrogens with zero attached hydrogens (tertiary/aromatic N) is 4. The topological polar surface area (TPSA) is 239 Å². The monoisotopic (exact) mass is 1030 g/mol. The summed E-state index contributed by atoms with van der Waals surface area (Å²) in [7, 11) is 3.51. The van der Waals surface area contributed by atoms with Gasteiger partial charge in [-0.3, -0.25) is 29.2 Å². The minimum atomic E-state index is -2.01. The number of aliphatic hydroxyl groups excluding tert-OH is 2. The van der Waals surface area contributed by atoms with Gasteiger partial charge in [-0.1, -0.05) is 59.8 Å². The summed E-state index contributed by atoms with van der Waals surface area (Å²) in [5.74, 6) is -7.10. The predicted molar refractivity (Wildman–Crippen MR) is 277 cm³/mol. The Labute approximate surface area is 434 Å². The van der Waals surface area contributed by atoms with E-state index >= 15 is 0 Å². The van der Waals surface area contributed by atoms with E-state index in [1.165, 1.54) is 20.3 Å². The number of fused-ring (bicyclic) bond motifs is 13. The molecule has 2 fully saturated rings. The third-order valence-electron chi connectivity index (χ3n) is 15.8. The van der Waals surface area contributed by atoms with Crippen molar-refractivity contribution in [3.63, 3.8) is 0 Å². The number of aliphatic hydroxyl groups is 2. The minimum absolute atomic E-state index is 0.0155. The number of phenolic OH excluding ortho intramolecular Hbond substituents is 2. The highest BCUT2D eigenvalue weighted by molar-refractivity contribution is 6.19. The molecule has 2 aromatic rings. The number of nitrogens with one attached hydrogen (secondary N) is 1. The van der Waals surface area contributed by atoms with Crippen LogP contribution in [0.4, 0.5) is 5.69 Å². The summed E-state index contributed by atoms with van der Waals surface area (Å²) in [5, 5.41) is 51.0. The van der Waals surface area contributed by atoms with E-state index in [4.69, 9.17) is 33.7 Å². The molecule has 5 bridgehead atoms. The normalized spacial score (nSPS) is 31.4. The summed E-state index contributed by atoms with van der Waals surface area (Å²) in [4.78, 5) is 70.3. The first-order valence-electron chi connectivity index (χ1n) is 26.4. The van der Waals surface area contributed by atoms with Gasteiger partial charge in [0.05, 0.1) is 47.5 Å². The van der Waals surface area contributed by atoms with Gasteiger partial charge in [-0.25, -0.2) is 0 Å². The van der Waals surface area contributed by atoms with Crippen LogP contribution < -0.4 is 20.8 Å². The number of esters is 2. The lowest BCUT2D eigenvalue weighted by molar-refractivity contribution is -0.163. The van der Waals surface area contributed by atoms with Gasteiger partial charge in [-0.15, -0.1) is 0 Å². The lowest BCUT2D eigenvalue weighted by Crippen LogP contribution is -2.46. The maximum Gasteiger partial charge on any atom is 0.312 e. The first-order valence-corrected chi connectivity index (χ1v) is 26.4. The van der Waals surface area contributed by atoms with E-state index in [1.807, 2.05) is 7.05 Å². The molecule has 1 amide bonds. The Morgan fingerprint density at radius 3 is 2.28 bits per heavy atom. The van der Waals surface area contributed by atoms with Crippen LogP contribution in [0.15, 0.2) is 46.1 Å². The smallest absolute Gasteiger partial charge is 0.312 e. The van der Waals surface area contributed by atoms with E-state index in [0.717, 1.165) is 32.5 Å². The molecule has 0 radical (unpaired) electrons. The van der Waals surface area contributed by atoms with Crippen molar-refractivity contribution >= 4 is 40.1 Å². The van der Waals surface area contributed by atoms with Crippen LogP contribution in [0, 0.1) is 42.4 Å². The summed E-state index contributed by atoms with van der Waals surface area (Å²) in [5.41, 5.74) is -0.670. The van der Waals surface area contributed by atoms with Crippen LogP contribution in [-0.4, -0.2) is 143 Å². The van der Waals surface area contributed by atoms with Crippen molar-refractivity contribution in [2.24, 2.45) is 45.5 Å². The fraction of sp³-hybridized carbons (Fsp3) is 0.643. The molecule has 1 spiro atoms. The zero-order valence-electron chi connectivity index (χ0n) is 45.1. The van der Waals surface area contributed by atoms with Gasteiger partial charge >= 0.3 is 17.7 Å². The van der Waals surface area contributed by atoms with E-state index < -0.39 is 88.9 Å². The molecule has 2 aromatic carbocycles. The van der Waals surface area contributed by atoms with Crippen molar-refractivity contribution in [1.29, 1.82) is 0 Å². The minimum Gasteiger partial charge on any atom is -0.507 e. The Balaban J connectivity index is 1.24. The number of carbonyl (C=O) groups is 4. The summed E-state index contributed by atoms with van der Waals surface area (Å²) < 4.78 is 30.2. The predicted octanol–water partition coefficient (Wildman–Crippen LogP) is 5.78. The number of anilines is 1. The highest BCUT2D eigenvalue weighted by Gasteiger charge is 2.50. The number of phenols is 2. The molecule has 6 aliphatic heterocycles. The number of benzene rings is 2. The van der Waals surface area contributed by atoms with Crippen molar-refractivity contribution < 1.29 is 63.3 Å². The molecule has 74 heavy (non-hydrogen) atoms. The zero-order valence-corrected chi connectivity index (χ0v) is 45.1. The average Bonchev–Trinajstić information content (AvgIpc) is 3.86. The van der Waals surface area contributed by atoms with E-state index in [0.29, 0.717) is 38.5 Å². The van der Waals surface area contributed by atoms with Crippen molar-refractivity contribution in [3.05, 3.63) is 58.0 Å². The third-order valence-corrected chi connectivity index (χ3v) is 15.8. The number of hydrogen-bond donors (Lipinski definition) is 5. The fourth-order valence-electron chi connectivity index (χ4n) is 11.3. The van der Waals surface area contributed by atoms with Crippen molar-refractivity contribution in [2.75, 3.05) is 58.8 Å². The molecule has 0 aliphatic carbocycles. The van der Waals surface area contributed by atoms with Gasteiger partial charge in [0.1, 0.15) is 28.6 Å². The van der Waals surface area contributed by atoms with Crippen molar-refractivity contribution in [2.45, 2.75) is 143 Å². The van der Waals surface area contributed by atoms with E-state index in [9.17, 15) is 39.6 Å². The zero-order chi connectivity index (χ0) is 54.0. The average molecular weight is 1030 g/mol. The maximum atomic E-state index is 14.9. The van der Waals surface area contributed by atoms with Gasteiger partial charge in [0.15, 0.2) is 11.4 Å². The highest BCUT2D eigenvalue weighted by Crippen LogP contribution is 2.50. The van der Waals surface area contributed by atoms with Gasteiger partial charge in [0.25, 0.3) is 11.7 Å². The van der Waals surface area contributed by atoms with Gasteiger partial charge in [-0.2, -0.15) is 0 Å².